The second kappa shape index (κ2) is 2.27. The molecular weight excluding hydrogens is 206 g/mol. The Hall–Kier alpha value is -0.960. The lowest BCUT2D eigenvalue weighted by atomic mass is 10.2. The predicted octanol–water partition coefficient (Wildman–Crippen LogP) is 2.64. The van der Waals surface area contributed by atoms with E-state index in [9.17, 15) is 5.11 Å². The first-order valence-corrected chi connectivity index (χ1v) is 4.02. The summed E-state index contributed by atoms with van der Waals surface area (Å²) in [7, 11) is 0. The number of nitrogens with one attached hydrogen (secondary N) is 1. The van der Waals surface area contributed by atoms with Gasteiger partial charge in [-0.2, -0.15) is 0 Å². The summed E-state index contributed by atoms with van der Waals surface area (Å²) in [6, 6.07) is 5.76. The maximum absolute atomic E-state index is 9.26. The summed E-state index contributed by atoms with van der Waals surface area (Å²) in [6.45, 7) is 0. The molecule has 0 unspecified atom stereocenters. The molecule has 1 aromatic heterocycles. The molecule has 3 heteroatoms. The first-order valence-electron chi connectivity index (χ1n) is 3.23. The SMILES string of the molecule is Oc1[nH]cc2ccc(Br)cc12. The van der Waals surface area contributed by atoms with Crippen LogP contribution in [0.15, 0.2) is 28.9 Å². The van der Waals surface area contributed by atoms with E-state index in [0.29, 0.717) is 0 Å². The highest BCUT2D eigenvalue weighted by Crippen LogP contribution is 2.26. The van der Waals surface area contributed by atoms with Crippen LogP contribution in [0.25, 0.3) is 10.8 Å². The van der Waals surface area contributed by atoms with E-state index in [-0.39, 0.29) is 5.88 Å². The van der Waals surface area contributed by atoms with E-state index in [1.165, 1.54) is 0 Å². The lowest BCUT2D eigenvalue weighted by molar-refractivity contribution is 0.462. The van der Waals surface area contributed by atoms with E-state index in [2.05, 4.69) is 20.9 Å². The monoisotopic (exact) mass is 211 g/mol. The van der Waals surface area contributed by atoms with Crippen LogP contribution in [-0.2, 0) is 0 Å². The second-order valence-corrected chi connectivity index (χ2v) is 3.28. The third-order valence-corrected chi connectivity index (χ3v) is 2.13. The van der Waals surface area contributed by atoms with Crippen LogP contribution < -0.4 is 0 Å². The average molecular weight is 212 g/mol. The van der Waals surface area contributed by atoms with Crippen molar-refractivity contribution in [2.75, 3.05) is 0 Å². The minimum Gasteiger partial charge on any atom is -0.494 e. The molecule has 0 fully saturated rings. The normalized spacial score (nSPS) is 10.6. The molecule has 2 aromatic rings. The summed E-state index contributed by atoms with van der Waals surface area (Å²) in [4.78, 5) is 2.74. The van der Waals surface area contributed by atoms with Crippen molar-refractivity contribution in [3.8, 4) is 5.88 Å². The van der Waals surface area contributed by atoms with Gasteiger partial charge in [-0.15, -0.1) is 0 Å². The predicted molar refractivity (Wildman–Crippen MR) is 47.7 cm³/mol. The standard InChI is InChI=1S/C8H6BrNO/c9-6-2-1-5-4-10-8(11)7(5)3-6/h1-4,10-11H. The number of aromatic hydroxyl groups is 1. The van der Waals surface area contributed by atoms with E-state index >= 15 is 0 Å². The van der Waals surface area contributed by atoms with E-state index in [1.807, 2.05) is 18.2 Å². The van der Waals surface area contributed by atoms with Gasteiger partial charge in [0, 0.05) is 21.4 Å². The Bertz CT molecular complexity index is 394. The van der Waals surface area contributed by atoms with E-state index in [4.69, 9.17) is 0 Å². The van der Waals surface area contributed by atoms with Gasteiger partial charge in [0.05, 0.1) is 0 Å². The fourth-order valence-corrected chi connectivity index (χ4v) is 1.44. The topological polar surface area (TPSA) is 36.0 Å². The highest BCUT2D eigenvalue weighted by atomic mass is 79.9. The van der Waals surface area contributed by atoms with Crippen LogP contribution in [0.4, 0.5) is 0 Å². The lowest BCUT2D eigenvalue weighted by Crippen LogP contribution is -1.65. The minimum atomic E-state index is 0.223. The maximum atomic E-state index is 9.26. The van der Waals surface area contributed by atoms with Crippen LogP contribution in [0.3, 0.4) is 0 Å². The molecule has 0 spiro atoms. The Morgan fingerprint density at radius 2 is 2.18 bits per heavy atom. The number of rotatable bonds is 0. The molecule has 2 nitrogen and oxygen atoms in total. The fourth-order valence-electron chi connectivity index (χ4n) is 1.08. The molecule has 1 aromatic carbocycles. The van der Waals surface area contributed by atoms with Crippen molar-refractivity contribution < 1.29 is 5.11 Å². The van der Waals surface area contributed by atoms with Gasteiger partial charge >= 0.3 is 0 Å². The Balaban J connectivity index is 2.87. The summed E-state index contributed by atoms with van der Waals surface area (Å²) in [5.41, 5.74) is 0. The average Bonchev–Trinajstić information content (AvgIpc) is 2.33. The van der Waals surface area contributed by atoms with E-state index in [0.717, 1.165) is 15.2 Å². The molecule has 0 saturated heterocycles. The summed E-state index contributed by atoms with van der Waals surface area (Å²) < 4.78 is 0.972. The highest BCUT2D eigenvalue weighted by Gasteiger charge is 2.00. The number of fused-ring (bicyclic) bond motifs is 1. The first-order chi connectivity index (χ1) is 5.27. The van der Waals surface area contributed by atoms with Crippen LogP contribution in [-0.4, -0.2) is 10.1 Å². The fraction of sp³-hybridized carbons (Fsp3) is 0. The number of aromatic nitrogens is 1. The molecular formula is C8H6BrNO. The molecule has 0 radical (unpaired) electrons. The Kier molecular flexibility index (Phi) is 1.39. The van der Waals surface area contributed by atoms with Gasteiger partial charge in [-0.05, 0) is 12.1 Å². The molecule has 0 aliphatic rings. The third kappa shape index (κ3) is 1.01. The Morgan fingerprint density at radius 1 is 1.36 bits per heavy atom. The number of halogens is 1. The van der Waals surface area contributed by atoms with Crippen LogP contribution in [0, 0.1) is 0 Å². The molecule has 2 N–H and O–H groups in total. The molecule has 0 bridgehead atoms. The molecule has 0 amide bonds. The van der Waals surface area contributed by atoms with Crippen LogP contribution >= 0.6 is 15.9 Å². The van der Waals surface area contributed by atoms with Gasteiger partial charge < -0.3 is 10.1 Å². The molecule has 56 valence electrons. The minimum absolute atomic E-state index is 0.223. The van der Waals surface area contributed by atoms with Crippen LogP contribution in [0.5, 0.6) is 5.88 Å². The summed E-state index contributed by atoms with van der Waals surface area (Å²) in [5, 5.41) is 11.1. The zero-order chi connectivity index (χ0) is 7.84. The molecule has 0 saturated carbocycles. The van der Waals surface area contributed by atoms with Gasteiger partial charge in [0.2, 0.25) is 0 Å². The number of H-pyrrole nitrogens is 1. The first kappa shape index (κ1) is 6.73. The largest absolute Gasteiger partial charge is 0.494 e. The molecule has 0 atom stereocenters. The summed E-state index contributed by atoms with van der Waals surface area (Å²) in [5.74, 6) is 0.223. The van der Waals surface area contributed by atoms with Crippen molar-refractivity contribution >= 4 is 26.7 Å². The van der Waals surface area contributed by atoms with Gasteiger partial charge in [-0.25, -0.2) is 0 Å². The zero-order valence-corrected chi connectivity index (χ0v) is 7.22. The van der Waals surface area contributed by atoms with Gasteiger partial charge in [0.15, 0.2) is 5.88 Å². The van der Waals surface area contributed by atoms with Crippen molar-refractivity contribution in [1.29, 1.82) is 0 Å². The molecule has 0 aliphatic carbocycles. The number of benzene rings is 1. The van der Waals surface area contributed by atoms with Gasteiger partial charge in [0.25, 0.3) is 0 Å². The molecule has 11 heavy (non-hydrogen) atoms. The zero-order valence-electron chi connectivity index (χ0n) is 5.63. The molecule has 2 rings (SSSR count). The van der Waals surface area contributed by atoms with Crippen molar-refractivity contribution in [1.82, 2.24) is 4.98 Å². The van der Waals surface area contributed by atoms with Crippen molar-refractivity contribution in [2.24, 2.45) is 0 Å². The maximum Gasteiger partial charge on any atom is 0.196 e. The Labute approximate surface area is 72.0 Å². The summed E-state index contributed by atoms with van der Waals surface area (Å²) in [6.07, 6.45) is 1.77. The lowest BCUT2D eigenvalue weighted by Gasteiger charge is -1.90. The number of aromatic amines is 1. The van der Waals surface area contributed by atoms with Crippen LogP contribution in [0.2, 0.25) is 0 Å². The highest BCUT2D eigenvalue weighted by molar-refractivity contribution is 9.10. The van der Waals surface area contributed by atoms with Crippen LogP contribution in [0.1, 0.15) is 0 Å². The van der Waals surface area contributed by atoms with Crippen molar-refractivity contribution in [3.63, 3.8) is 0 Å². The third-order valence-electron chi connectivity index (χ3n) is 1.63. The second-order valence-electron chi connectivity index (χ2n) is 2.37. The van der Waals surface area contributed by atoms with E-state index in [1.54, 1.807) is 6.20 Å². The molecule has 0 aliphatic heterocycles. The number of hydrogen-bond donors (Lipinski definition) is 2. The van der Waals surface area contributed by atoms with Crippen molar-refractivity contribution in [2.45, 2.75) is 0 Å². The van der Waals surface area contributed by atoms with Crippen molar-refractivity contribution in [3.05, 3.63) is 28.9 Å². The molecule has 1 heterocycles. The number of hydrogen-bond acceptors (Lipinski definition) is 1. The van der Waals surface area contributed by atoms with Gasteiger partial charge in [-0.1, -0.05) is 22.0 Å². The quantitative estimate of drug-likeness (QED) is 0.691. The van der Waals surface area contributed by atoms with Gasteiger partial charge in [0.1, 0.15) is 0 Å². The van der Waals surface area contributed by atoms with E-state index < -0.39 is 0 Å². The Morgan fingerprint density at radius 3 is 3.00 bits per heavy atom. The van der Waals surface area contributed by atoms with Gasteiger partial charge in [-0.3, -0.25) is 0 Å². The summed E-state index contributed by atoms with van der Waals surface area (Å²) >= 11 is 3.33. The smallest absolute Gasteiger partial charge is 0.196 e.